The van der Waals surface area contributed by atoms with Crippen molar-refractivity contribution in [2.24, 2.45) is 0 Å². The van der Waals surface area contributed by atoms with E-state index < -0.39 is 6.04 Å². The van der Waals surface area contributed by atoms with Gasteiger partial charge in [0.05, 0.1) is 19.6 Å². The first-order chi connectivity index (χ1) is 10.1. The Morgan fingerprint density at radius 1 is 1.43 bits per heavy atom. The Hall–Kier alpha value is -1.73. The van der Waals surface area contributed by atoms with Gasteiger partial charge in [-0.25, -0.2) is 4.98 Å². The summed E-state index contributed by atoms with van der Waals surface area (Å²) in [6, 6.07) is 6.67. The maximum atomic E-state index is 12.2. The number of rotatable bonds is 5. The lowest BCUT2D eigenvalue weighted by atomic mass is 10.1. The molecule has 7 heteroatoms. The third-order valence-corrected chi connectivity index (χ3v) is 4.21. The van der Waals surface area contributed by atoms with Gasteiger partial charge in [0.15, 0.2) is 0 Å². The molecule has 0 saturated heterocycles. The van der Waals surface area contributed by atoms with E-state index in [0.29, 0.717) is 5.69 Å². The monoisotopic (exact) mass is 368 g/mol. The molecule has 0 radical (unpaired) electrons. The van der Waals surface area contributed by atoms with Gasteiger partial charge in [-0.15, -0.1) is 11.3 Å². The molecule has 1 amide bonds. The minimum atomic E-state index is -0.421. The molecule has 0 aliphatic heterocycles. The third-order valence-electron chi connectivity index (χ3n) is 2.75. The standard InChI is InChI=1S/C14H13BrN2O3S/c1-20-13(18)7-11(12-3-2-6-21-12)17-14(19)10-5-4-9(15)8-16-10/h2-6,8,11H,7H2,1H3,(H,17,19). The molecular formula is C14H13BrN2O3S. The van der Waals surface area contributed by atoms with Crippen LogP contribution in [0.15, 0.2) is 40.3 Å². The van der Waals surface area contributed by atoms with E-state index in [0.717, 1.165) is 9.35 Å². The van der Waals surface area contributed by atoms with Crippen molar-refractivity contribution < 1.29 is 14.3 Å². The highest BCUT2D eigenvalue weighted by molar-refractivity contribution is 9.10. The molecule has 2 rings (SSSR count). The second-order valence-corrected chi connectivity index (χ2v) is 6.08. The number of aromatic nitrogens is 1. The Labute approximate surface area is 134 Å². The van der Waals surface area contributed by atoms with Crippen molar-refractivity contribution in [2.75, 3.05) is 7.11 Å². The van der Waals surface area contributed by atoms with Crippen molar-refractivity contribution in [3.63, 3.8) is 0 Å². The number of nitrogens with one attached hydrogen (secondary N) is 1. The summed E-state index contributed by atoms with van der Waals surface area (Å²) in [5, 5.41) is 4.71. The normalized spacial score (nSPS) is 11.7. The Kier molecular flexibility index (Phi) is 5.46. The van der Waals surface area contributed by atoms with E-state index in [2.05, 4.69) is 31.0 Å². The molecular weight excluding hydrogens is 356 g/mol. The van der Waals surface area contributed by atoms with Gasteiger partial charge in [-0.1, -0.05) is 6.07 Å². The second kappa shape index (κ2) is 7.33. The van der Waals surface area contributed by atoms with E-state index in [9.17, 15) is 9.59 Å². The molecule has 110 valence electrons. The summed E-state index contributed by atoms with van der Waals surface area (Å²) in [4.78, 5) is 28.6. The van der Waals surface area contributed by atoms with Gasteiger partial charge in [0, 0.05) is 15.5 Å². The number of nitrogens with zero attached hydrogens (tertiary/aromatic N) is 1. The van der Waals surface area contributed by atoms with E-state index in [-0.39, 0.29) is 18.3 Å². The quantitative estimate of drug-likeness (QED) is 0.823. The van der Waals surface area contributed by atoms with Gasteiger partial charge in [0.2, 0.25) is 0 Å². The average Bonchev–Trinajstić information content (AvgIpc) is 3.01. The highest BCUT2D eigenvalue weighted by Gasteiger charge is 2.21. The molecule has 5 nitrogen and oxygen atoms in total. The van der Waals surface area contributed by atoms with Crippen LogP contribution in [0.25, 0.3) is 0 Å². The van der Waals surface area contributed by atoms with E-state index in [1.807, 2.05) is 17.5 Å². The first kappa shape index (κ1) is 15.7. The Bertz CT molecular complexity index is 614. The molecule has 0 fully saturated rings. The summed E-state index contributed by atoms with van der Waals surface area (Å²) < 4.78 is 5.47. The molecule has 0 bridgehead atoms. The van der Waals surface area contributed by atoms with E-state index in [1.165, 1.54) is 18.4 Å². The number of carbonyl (C=O) groups excluding carboxylic acids is 2. The first-order valence-corrected chi connectivity index (χ1v) is 7.80. The summed E-state index contributed by atoms with van der Waals surface area (Å²) in [6.45, 7) is 0. The van der Waals surface area contributed by atoms with Gasteiger partial charge in [0.1, 0.15) is 5.69 Å². The lowest BCUT2D eigenvalue weighted by Gasteiger charge is -2.16. The van der Waals surface area contributed by atoms with E-state index >= 15 is 0 Å². The second-order valence-electron chi connectivity index (χ2n) is 4.18. The Balaban J connectivity index is 2.12. The van der Waals surface area contributed by atoms with Crippen LogP contribution < -0.4 is 5.32 Å². The van der Waals surface area contributed by atoms with E-state index in [4.69, 9.17) is 0 Å². The zero-order valence-corrected chi connectivity index (χ0v) is 13.6. The summed E-state index contributed by atoms with van der Waals surface area (Å²) in [5.41, 5.74) is 0.296. The van der Waals surface area contributed by atoms with Gasteiger partial charge < -0.3 is 10.1 Å². The van der Waals surface area contributed by atoms with Gasteiger partial charge in [0.25, 0.3) is 5.91 Å². The van der Waals surface area contributed by atoms with Crippen molar-refractivity contribution in [3.8, 4) is 0 Å². The van der Waals surface area contributed by atoms with Crippen LogP contribution in [-0.4, -0.2) is 24.0 Å². The van der Waals surface area contributed by atoms with E-state index in [1.54, 1.807) is 18.3 Å². The first-order valence-electron chi connectivity index (χ1n) is 6.13. The van der Waals surface area contributed by atoms with Gasteiger partial charge in [-0.2, -0.15) is 0 Å². The molecule has 0 saturated carbocycles. The summed E-state index contributed by atoms with van der Waals surface area (Å²) in [6.07, 6.45) is 1.63. The number of halogens is 1. The van der Waals surface area contributed by atoms with Crippen LogP contribution in [0.2, 0.25) is 0 Å². The predicted octanol–water partition coefficient (Wildman–Crippen LogP) is 2.94. The SMILES string of the molecule is COC(=O)CC(NC(=O)c1ccc(Br)cn1)c1cccs1. The molecule has 0 aromatic carbocycles. The van der Waals surface area contributed by atoms with Crippen LogP contribution in [0.1, 0.15) is 27.8 Å². The van der Waals surface area contributed by atoms with Crippen LogP contribution in [0, 0.1) is 0 Å². The molecule has 0 aliphatic carbocycles. The molecule has 1 N–H and O–H groups in total. The van der Waals surface area contributed by atoms with Crippen molar-refractivity contribution in [1.29, 1.82) is 0 Å². The Morgan fingerprint density at radius 3 is 2.81 bits per heavy atom. The fraction of sp³-hybridized carbons (Fsp3) is 0.214. The van der Waals surface area contributed by atoms with Crippen molar-refractivity contribution in [1.82, 2.24) is 10.3 Å². The fourth-order valence-corrected chi connectivity index (χ4v) is 2.72. The zero-order valence-electron chi connectivity index (χ0n) is 11.2. The van der Waals surface area contributed by atoms with Crippen molar-refractivity contribution in [2.45, 2.75) is 12.5 Å². The highest BCUT2D eigenvalue weighted by Crippen LogP contribution is 2.23. The van der Waals surface area contributed by atoms with Crippen LogP contribution in [0.4, 0.5) is 0 Å². The zero-order chi connectivity index (χ0) is 15.2. The van der Waals surface area contributed by atoms with Crippen LogP contribution >= 0.6 is 27.3 Å². The van der Waals surface area contributed by atoms with Gasteiger partial charge >= 0.3 is 5.97 Å². The predicted molar refractivity (Wildman–Crippen MR) is 83.1 cm³/mol. The number of methoxy groups -OCH3 is 1. The minimum absolute atomic E-state index is 0.0826. The number of carbonyl (C=O) groups is 2. The van der Waals surface area contributed by atoms with Crippen molar-refractivity contribution in [3.05, 3.63) is 50.9 Å². The topological polar surface area (TPSA) is 68.3 Å². The van der Waals surface area contributed by atoms with Gasteiger partial charge in [-0.3, -0.25) is 9.59 Å². The lowest BCUT2D eigenvalue weighted by Crippen LogP contribution is -2.30. The molecule has 1 unspecified atom stereocenters. The number of amides is 1. The molecule has 2 aromatic heterocycles. The average molecular weight is 369 g/mol. The molecule has 0 aliphatic rings. The Morgan fingerprint density at radius 2 is 2.24 bits per heavy atom. The molecule has 21 heavy (non-hydrogen) atoms. The lowest BCUT2D eigenvalue weighted by molar-refractivity contribution is -0.141. The summed E-state index contributed by atoms with van der Waals surface area (Å²) >= 11 is 4.74. The fourth-order valence-electron chi connectivity index (χ4n) is 1.70. The maximum Gasteiger partial charge on any atom is 0.307 e. The van der Waals surface area contributed by atoms with Crippen molar-refractivity contribution >= 4 is 39.1 Å². The number of esters is 1. The highest BCUT2D eigenvalue weighted by atomic mass is 79.9. The molecule has 0 spiro atoms. The number of pyridine rings is 1. The molecule has 1 atom stereocenters. The number of thiophene rings is 1. The third kappa shape index (κ3) is 4.37. The number of hydrogen-bond donors (Lipinski definition) is 1. The smallest absolute Gasteiger partial charge is 0.307 e. The maximum absolute atomic E-state index is 12.2. The summed E-state index contributed by atoms with van der Waals surface area (Å²) in [7, 11) is 1.33. The summed E-state index contributed by atoms with van der Waals surface area (Å²) in [5.74, 6) is -0.706. The van der Waals surface area contributed by atoms with Crippen LogP contribution in [-0.2, 0) is 9.53 Å². The molecule has 2 aromatic rings. The number of hydrogen-bond acceptors (Lipinski definition) is 5. The number of ether oxygens (including phenoxy) is 1. The largest absolute Gasteiger partial charge is 0.469 e. The van der Waals surface area contributed by atoms with Gasteiger partial charge in [-0.05, 0) is 39.5 Å². The molecule has 2 heterocycles. The van der Waals surface area contributed by atoms with Crippen LogP contribution in [0.5, 0.6) is 0 Å². The minimum Gasteiger partial charge on any atom is -0.469 e. The van der Waals surface area contributed by atoms with Crippen LogP contribution in [0.3, 0.4) is 0 Å².